The number of carbonyl (C=O) groups is 1. The van der Waals surface area contributed by atoms with Crippen molar-refractivity contribution in [1.29, 1.82) is 0 Å². The van der Waals surface area contributed by atoms with Crippen molar-refractivity contribution >= 4 is 27.5 Å². The summed E-state index contributed by atoms with van der Waals surface area (Å²) in [5.74, 6) is 0.622. The molecule has 1 aliphatic rings. The second-order valence-electron chi connectivity index (χ2n) is 7.58. The van der Waals surface area contributed by atoms with E-state index < -0.39 is 10.0 Å². The van der Waals surface area contributed by atoms with Crippen LogP contribution in [0.2, 0.25) is 5.02 Å². The van der Waals surface area contributed by atoms with Crippen LogP contribution in [-0.4, -0.2) is 62.3 Å². The third-order valence-corrected chi connectivity index (χ3v) is 6.85. The molecular weight excluding hydrogens is 386 g/mol. The van der Waals surface area contributed by atoms with Crippen LogP contribution in [0.4, 0.5) is 0 Å². The lowest BCUT2D eigenvalue weighted by Crippen LogP contribution is -2.51. The van der Waals surface area contributed by atoms with Gasteiger partial charge in [0, 0.05) is 37.2 Å². The highest BCUT2D eigenvalue weighted by atomic mass is 35.5. The number of hydrogen-bond acceptors (Lipinski definition) is 4. The Hall–Kier alpha value is -1.15. The first-order valence-electron chi connectivity index (χ1n) is 9.46. The minimum atomic E-state index is -3.55. The Morgan fingerprint density at radius 3 is 2.41 bits per heavy atom. The van der Waals surface area contributed by atoms with Crippen molar-refractivity contribution in [3.8, 4) is 0 Å². The summed E-state index contributed by atoms with van der Waals surface area (Å²) in [6.45, 7) is 8.47. The Morgan fingerprint density at radius 2 is 1.81 bits per heavy atom. The zero-order chi connectivity index (χ0) is 20.0. The molecule has 1 aromatic carbocycles. The van der Waals surface area contributed by atoms with Crippen molar-refractivity contribution in [1.82, 2.24) is 14.5 Å². The van der Waals surface area contributed by atoms with E-state index in [0.717, 1.165) is 12.8 Å². The van der Waals surface area contributed by atoms with E-state index in [1.807, 2.05) is 11.8 Å². The molecule has 0 saturated carbocycles. The number of benzene rings is 1. The molecule has 1 atom stereocenters. The molecule has 0 aromatic heterocycles. The minimum absolute atomic E-state index is 0.00240. The van der Waals surface area contributed by atoms with Gasteiger partial charge in [-0.25, -0.2) is 8.42 Å². The van der Waals surface area contributed by atoms with Gasteiger partial charge in [-0.1, -0.05) is 31.5 Å². The third kappa shape index (κ3) is 6.75. The van der Waals surface area contributed by atoms with Crippen LogP contribution in [0.1, 0.15) is 33.6 Å². The molecule has 1 heterocycles. The van der Waals surface area contributed by atoms with Gasteiger partial charge >= 0.3 is 0 Å². The fourth-order valence-electron chi connectivity index (χ4n) is 3.08. The summed E-state index contributed by atoms with van der Waals surface area (Å²) in [5, 5.41) is 3.43. The van der Waals surface area contributed by atoms with E-state index in [4.69, 9.17) is 11.6 Å². The van der Waals surface area contributed by atoms with Crippen LogP contribution < -0.4 is 5.32 Å². The lowest BCUT2D eigenvalue weighted by molar-refractivity contribution is -0.123. The monoisotopic (exact) mass is 415 g/mol. The molecule has 8 heteroatoms. The molecule has 1 aromatic rings. The molecule has 0 radical (unpaired) electrons. The van der Waals surface area contributed by atoms with Gasteiger partial charge in [0.15, 0.2) is 0 Å². The first-order chi connectivity index (χ1) is 12.7. The van der Waals surface area contributed by atoms with Gasteiger partial charge in [-0.3, -0.25) is 9.69 Å². The Morgan fingerprint density at radius 1 is 1.15 bits per heavy atom. The molecule has 1 saturated heterocycles. The predicted molar refractivity (Wildman–Crippen MR) is 108 cm³/mol. The first-order valence-corrected chi connectivity index (χ1v) is 11.3. The molecule has 1 fully saturated rings. The number of nitrogens with one attached hydrogen (secondary N) is 1. The highest BCUT2D eigenvalue weighted by molar-refractivity contribution is 7.89. The molecular formula is C19H30ClN3O3S. The normalized spacial score (nSPS) is 17.8. The molecule has 152 valence electrons. The van der Waals surface area contributed by atoms with Crippen molar-refractivity contribution in [2.45, 2.75) is 44.6 Å². The standard InChI is InChI=1S/C19H30ClN3O3S/c1-15(2)7-8-16(3)21-19(24)14-22-9-11-23(12-10-22)27(25,26)18-6-4-5-17(20)13-18/h4-6,13,15-16H,7-12,14H2,1-3H3,(H,21,24)/t16-/m0/s1. The van der Waals surface area contributed by atoms with E-state index in [1.54, 1.807) is 18.2 Å². The van der Waals surface area contributed by atoms with E-state index in [-0.39, 0.29) is 16.8 Å². The average Bonchev–Trinajstić information content (AvgIpc) is 2.60. The zero-order valence-electron chi connectivity index (χ0n) is 16.3. The van der Waals surface area contributed by atoms with Gasteiger partial charge in [-0.15, -0.1) is 0 Å². The van der Waals surface area contributed by atoms with Crippen LogP contribution in [0.3, 0.4) is 0 Å². The van der Waals surface area contributed by atoms with E-state index in [9.17, 15) is 13.2 Å². The summed E-state index contributed by atoms with van der Waals surface area (Å²) in [5.41, 5.74) is 0. The molecule has 0 bridgehead atoms. The van der Waals surface area contributed by atoms with Crippen molar-refractivity contribution < 1.29 is 13.2 Å². The topological polar surface area (TPSA) is 69.7 Å². The largest absolute Gasteiger partial charge is 0.353 e. The fraction of sp³-hybridized carbons (Fsp3) is 0.632. The molecule has 1 amide bonds. The number of amides is 1. The molecule has 27 heavy (non-hydrogen) atoms. The molecule has 2 rings (SSSR count). The van der Waals surface area contributed by atoms with Gasteiger partial charge in [0.1, 0.15) is 0 Å². The van der Waals surface area contributed by atoms with Crippen LogP contribution in [0, 0.1) is 5.92 Å². The smallest absolute Gasteiger partial charge is 0.243 e. The zero-order valence-corrected chi connectivity index (χ0v) is 17.9. The summed E-state index contributed by atoms with van der Waals surface area (Å²) in [6.07, 6.45) is 2.05. The van der Waals surface area contributed by atoms with Gasteiger partial charge in [0.25, 0.3) is 0 Å². The maximum Gasteiger partial charge on any atom is 0.243 e. The maximum atomic E-state index is 12.7. The molecule has 1 N–H and O–H groups in total. The molecule has 0 spiro atoms. The van der Waals surface area contributed by atoms with Gasteiger partial charge < -0.3 is 5.32 Å². The lowest BCUT2D eigenvalue weighted by Gasteiger charge is -2.33. The van der Waals surface area contributed by atoms with Crippen LogP contribution in [0.15, 0.2) is 29.2 Å². The maximum absolute atomic E-state index is 12.7. The molecule has 1 aliphatic heterocycles. The number of sulfonamides is 1. The number of rotatable bonds is 8. The minimum Gasteiger partial charge on any atom is -0.353 e. The van der Waals surface area contributed by atoms with Crippen molar-refractivity contribution in [3.05, 3.63) is 29.3 Å². The van der Waals surface area contributed by atoms with Crippen molar-refractivity contribution in [2.75, 3.05) is 32.7 Å². The SMILES string of the molecule is CC(C)CC[C@H](C)NC(=O)CN1CCN(S(=O)(=O)c2cccc(Cl)c2)CC1. The summed E-state index contributed by atoms with van der Waals surface area (Å²) in [6, 6.07) is 6.47. The van der Waals surface area contributed by atoms with E-state index in [0.29, 0.717) is 43.7 Å². The van der Waals surface area contributed by atoms with E-state index in [1.165, 1.54) is 10.4 Å². The van der Waals surface area contributed by atoms with Crippen LogP contribution >= 0.6 is 11.6 Å². The number of piperazine rings is 1. The lowest BCUT2D eigenvalue weighted by atomic mass is 10.0. The van der Waals surface area contributed by atoms with Crippen molar-refractivity contribution in [2.24, 2.45) is 5.92 Å². The van der Waals surface area contributed by atoms with Crippen molar-refractivity contribution in [3.63, 3.8) is 0 Å². The average molecular weight is 416 g/mol. The Bertz CT molecular complexity index is 731. The van der Waals surface area contributed by atoms with Crippen LogP contribution in [-0.2, 0) is 14.8 Å². The van der Waals surface area contributed by atoms with Crippen LogP contribution in [0.5, 0.6) is 0 Å². The summed E-state index contributed by atoms with van der Waals surface area (Å²) >= 11 is 5.92. The van der Waals surface area contributed by atoms with Gasteiger partial charge in [-0.05, 0) is 43.9 Å². The number of nitrogens with zero attached hydrogens (tertiary/aromatic N) is 2. The predicted octanol–water partition coefficient (Wildman–Crippen LogP) is 2.59. The quantitative estimate of drug-likeness (QED) is 0.708. The highest BCUT2D eigenvalue weighted by Crippen LogP contribution is 2.20. The van der Waals surface area contributed by atoms with E-state index >= 15 is 0 Å². The fourth-order valence-corrected chi connectivity index (χ4v) is 4.81. The van der Waals surface area contributed by atoms with Gasteiger partial charge in [0.2, 0.25) is 15.9 Å². The Kier molecular flexibility index (Phi) is 8.09. The highest BCUT2D eigenvalue weighted by Gasteiger charge is 2.29. The molecule has 0 aliphatic carbocycles. The third-order valence-electron chi connectivity index (χ3n) is 4.72. The Labute approximate surface area is 167 Å². The van der Waals surface area contributed by atoms with Gasteiger partial charge in [0.05, 0.1) is 11.4 Å². The van der Waals surface area contributed by atoms with Crippen LogP contribution in [0.25, 0.3) is 0 Å². The number of carbonyl (C=O) groups excluding carboxylic acids is 1. The second-order valence-corrected chi connectivity index (χ2v) is 9.95. The summed E-state index contributed by atoms with van der Waals surface area (Å²) in [7, 11) is -3.55. The molecule has 6 nitrogen and oxygen atoms in total. The molecule has 0 unspecified atom stereocenters. The van der Waals surface area contributed by atoms with E-state index in [2.05, 4.69) is 19.2 Å². The number of halogens is 1. The summed E-state index contributed by atoms with van der Waals surface area (Å²) in [4.78, 5) is 14.4. The second kappa shape index (κ2) is 9.87. The van der Waals surface area contributed by atoms with Gasteiger partial charge in [-0.2, -0.15) is 4.31 Å². The summed E-state index contributed by atoms with van der Waals surface area (Å²) < 4.78 is 26.9. The number of hydrogen-bond donors (Lipinski definition) is 1. The first kappa shape index (κ1) is 22.1. The Balaban J connectivity index is 1.82.